The molecule has 0 saturated carbocycles. The summed E-state index contributed by atoms with van der Waals surface area (Å²) >= 11 is 1.54. The van der Waals surface area contributed by atoms with E-state index in [4.69, 9.17) is 10.3 Å². The van der Waals surface area contributed by atoms with Crippen LogP contribution in [0.2, 0.25) is 0 Å². The molecule has 0 aromatic rings. The van der Waals surface area contributed by atoms with Gasteiger partial charge in [0.2, 0.25) is 0 Å². The molecule has 14 heavy (non-hydrogen) atoms. The zero-order valence-corrected chi connectivity index (χ0v) is 9.64. The van der Waals surface area contributed by atoms with Crippen molar-refractivity contribution in [3.8, 4) is 0 Å². The molecule has 0 aromatic heterocycles. The molecule has 3 N–H and O–H groups in total. The van der Waals surface area contributed by atoms with Gasteiger partial charge >= 0.3 is 0 Å². The van der Waals surface area contributed by atoms with Gasteiger partial charge in [-0.2, -0.15) is 8.42 Å². The van der Waals surface area contributed by atoms with Gasteiger partial charge in [-0.25, -0.2) is 0 Å². The lowest BCUT2D eigenvalue weighted by Crippen LogP contribution is -2.31. The lowest BCUT2D eigenvalue weighted by atomic mass is 10.0. The summed E-state index contributed by atoms with van der Waals surface area (Å²) in [6, 6.07) is -0.0713. The Kier molecular flexibility index (Phi) is 4.00. The second kappa shape index (κ2) is 4.65. The van der Waals surface area contributed by atoms with Crippen molar-refractivity contribution in [2.75, 3.05) is 5.75 Å². The van der Waals surface area contributed by atoms with E-state index in [1.165, 1.54) is 0 Å². The molecule has 0 spiro atoms. The van der Waals surface area contributed by atoms with Crippen LogP contribution >= 0.6 is 11.8 Å². The Hall–Kier alpha value is -0.0400. The van der Waals surface area contributed by atoms with Gasteiger partial charge in [-0.1, -0.05) is 13.0 Å². The van der Waals surface area contributed by atoms with Crippen molar-refractivity contribution in [1.82, 2.24) is 0 Å². The van der Waals surface area contributed by atoms with Crippen LogP contribution in [0.3, 0.4) is 0 Å². The molecule has 2 atom stereocenters. The molecule has 1 aliphatic carbocycles. The van der Waals surface area contributed by atoms with E-state index < -0.39 is 15.4 Å². The first kappa shape index (κ1) is 12.0. The van der Waals surface area contributed by atoms with Crippen molar-refractivity contribution < 1.29 is 13.0 Å². The molecule has 0 heterocycles. The Morgan fingerprint density at radius 3 is 2.79 bits per heavy atom. The lowest BCUT2D eigenvalue weighted by Gasteiger charge is -2.23. The molecule has 0 saturated heterocycles. The van der Waals surface area contributed by atoms with Crippen LogP contribution in [0.4, 0.5) is 0 Å². The van der Waals surface area contributed by atoms with Gasteiger partial charge in [0, 0.05) is 6.04 Å². The molecule has 0 fully saturated rings. The van der Waals surface area contributed by atoms with Crippen LogP contribution in [0.1, 0.15) is 19.8 Å². The summed E-state index contributed by atoms with van der Waals surface area (Å²) in [5, 5.41) is -0.767. The third kappa shape index (κ3) is 2.98. The summed E-state index contributed by atoms with van der Waals surface area (Å²) in [7, 11) is -3.95. The predicted octanol–water partition coefficient (Wildman–Crippen LogP) is 1.00. The highest BCUT2D eigenvalue weighted by molar-refractivity contribution is 8.03. The minimum atomic E-state index is -3.95. The Morgan fingerprint density at radius 1 is 1.64 bits per heavy atom. The lowest BCUT2D eigenvalue weighted by molar-refractivity contribution is 0.465. The average Bonchev–Trinajstić information content (AvgIpc) is 2.07. The number of hydrogen-bond acceptors (Lipinski definition) is 4. The molecule has 1 aliphatic rings. The minimum Gasteiger partial charge on any atom is -0.324 e. The summed E-state index contributed by atoms with van der Waals surface area (Å²) in [6.07, 6.45) is 2.61. The van der Waals surface area contributed by atoms with Crippen LogP contribution in [-0.2, 0) is 10.1 Å². The molecular weight excluding hydrogens is 222 g/mol. The van der Waals surface area contributed by atoms with E-state index in [1.54, 1.807) is 17.8 Å². The van der Waals surface area contributed by atoms with E-state index in [1.807, 2.05) is 6.92 Å². The first-order chi connectivity index (χ1) is 6.45. The summed E-state index contributed by atoms with van der Waals surface area (Å²) in [5.74, 6) is 0.859. The fourth-order valence-corrected chi connectivity index (χ4v) is 3.20. The molecular formula is C8H15NO3S2. The van der Waals surface area contributed by atoms with Crippen molar-refractivity contribution in [3.63, 3.8) is 0 Å². The molecule has 82 valence electrons. The van der Waals surface area contributed by atoms with Crippen molar-refractivity contribution in [3.05, 3.63) is 11.0 Å². The standard InChI is InChI=1S/C8H15NO3S2/c1-2-13-8-5-6(14(10,11)12)3-4-7(8)9/h5-7H,2-4,9H2,1H3,(H,10,11,12). The highest BCUT2D eigenvalue weighted by atomic mass is 32.2. The second-order valence-corrected chi connectivity index (χ2v) is 6.21. The monoisotopic (exact) mass is 237 g/mol. The third-order valence-electron chi connectivity index (χ3n) is 2.17. The van der Waals surface area contributed by atoms with Gasteiger partial charge < -0.3 is 5.73 Å². The zero-order chi connectivity index (χ0) is 10.8. The van der Waals surface area contributed by atoms with Crippen molar-refractivity contribution >= 4 is 21.9 Å². The van der Waals surface area contributed by atoms with Crippen LogP contribution in [0, 0.1) is 0 Å². The van der Waals surface area contributed by atoms with Gasteiger partial charge in [0.15, 0.2) is 0 Å². The summed E-state index contributed by atoms with van der Waals surface area (Å²) in [4.78, 5) is 0.876. The van der Waals surface area contributed by atoms with Crippen molar-refractivity contribution in [1.29, 1.82) is 0 Å². The van der Waals surface area contributed by atoms with E-state index in [0.717, 1.165) is 10.7 Å². The highest BCUT2D eigenvalue weighted by Crippen LogP contribution is 2.29. The van der Waals surface area contributed by atoms with Gasteiger partial charge in [-0.3, -0.25) is 4.55 Å². The highest BCUT2D eigenvalue weighted by Gasteiger charge is 2.27. The van der Waals surface area contributed by atoms with Gasteiger partial charge in [0.25, 0.3) is 10.1 Å². The maximum Gasteiger partial charge on any atom is 0.271 e. The molecule has 4 nitrogen and oxygen atoms in total. The van der Waals surface area contributed by atoms with E-state index in [-0.39, 0.29) is 6.04 Å². The van der Waals surface area contributed by atoms with Crippen molar-refractivity contribution in [2.24, 2.45) is 5.73 Å². The summed E-state index contributed by atoms with van der Waals surface area (Å²) < 4.78 is 30.7. The number of nitrogens with two attached hydrogens (primary N) is 1. The normalized spacial score (nSPS) is 28.6. The average molecular weight is 237 g/mol. The molecule has 0 amide bonds. The Balaban J connectivity index is 2.85. The van der Waals surface area contributed by atoms with Gasteiger partial charge in [-0.15, -0.1) is 11.8 Å². The first-order valence-corrected chi connectivity index (χ1v) is 7.00. The SMILES string of the molecule is CCSC1=CC(S(=O)(=O)O)CCC1N. The summed E-state index contributed by atoms with van der Waals surface area (Å²) in [5.41, 5.74) is 5.80. The van der Waals surface area contributed by atoms with E-state index in [2.05, 4.69) is 0 Å². The Bertz CT molecular complexity index is 323. The number of rotatable bonds is 3. The molecule has 0 radical (unpaired) electrons. The number of hydrogen-bond donors (Lipinski definition) is 2. The van der Waals surface area contributed by atoms with Crippen LogP contribution < -0.4 is 5.73 Å². The molecule has 0 bridgehead atoms. The first-order valence-electron chi connectivity index (χ1n) is 4.51. The van der Waals surface area contributed by atoms with Crippen LogP contribution in [0.15, 0.2) is 11.0 Å². The number of thioether (sulfide) groups is 1. The maximum atomic E-state index is 10.9. The summed E-state index contributed by atoms with van der Waals surface area (Å²) in [6.45, 7) is 1.98. The van der Waals surface area contributed by atoms with Crippen LogP contribution in [0.25, 0.3) is 0 Å². The molecule has 0 aliphatic heterocycles. The molecule has 1 rings (SSSR count). The quantitative estimate of drug-likeness (QED) is 0.716. The third-order valence-corrected chi connectivity index (χ3v) is 4.37. The molecule has 2 unspecified atom stereocenters. The van der Waals surface area contributed by atoms with E-state index in [9.17, 15) is 8.42 Å². The van der Waals surface area contributed by atoms with E-state index >= 15 is 0 Å². The Labute approximate surface area is 88.7 Å². The fourth-order valence-electron chi connectivity index (χ4n) is 1.43. The van der Waals surface area contributed by atoms with E-state index in [0.29, 0.717) is 12.8 Å². The zero-order valence-electron chi connectivity index (χ0n) is 8.01. The Morgan fingerprint density at radius 2 is 2.29 bits per heavy atom. The molecule has 0 aromatic carbocycles. The van der Waals surface area contributed by atoms with Crippen molar-refractivity contribution in [2.45, 2.75) is 31.1 Å². The smallest absolute Gasteiger partial charge is 0.271 e. The fraction of sp³-hybridized carbons (Fsp3) is 0.750. The van der Waals surface area contributed by atoms with Gasteiger partial charge in [0.05, 0.1) is 0 Å². The second-order valence-electron chi connectivity index (χ2n) is 3.24. The minimum absolute atomic E-state index is 0.0713. The van der Waals surface area contributed by atoms with Crippen LogP contribution in [-0.4, -0.2) is 30.0 Å². The molecule has 6 heteroatoms. The largest absolute Gasteiger partial charge is 0.324 e. The maximum absolute atomic E-state index is 10.9. The van der Waals surface area contributed by atoms with Crippen LogP contribution in [0.5, 0.6) is 0 Å². The van der Waals surface area contributed by atoms with Gasteiger partial charge in [0.1, 0.15) is 5.25 Å². The van der Waals surface area contributed by atoms with Gasteiger partial charge in [-0.05, 0) is 23.5 Å². The topological polar surface area (TPSA) is 80.4 Å². The predicted molar refractivity (Wildman–Crippen MR) is 58.8 cm³/mol.